The van der Waals surface area contributed by atoms with Gasteiger partial charge in [-0.15, -0.1) is 11.3 Å². The minimum atomic E-state index is 0.119. The summed E-state index contributed by atoms with van der Waals surface area (Å²) in [7, 11) is 0. The lowest BCUT2D eigenvalue weighted by atomic mass is 10.1. The summed E-state index contributed by atoms with van der Waals surface area (Å²) in [5, 5.41) is 2.60. The highest BCUT2D eigenvalue weighted by atomic mass is 35.5. The second-order valence-corrected chi connectivity index (χ2v) is 5.17. The first kappa shape index (κ1) is 11.4. The average Bonchev–Trinajstić information content (AvgIpc) is 2.68. The Morgan fingerprint density at radius 1 is 1.38 bits per heavy atom. The number of rotatable bonds is 3. The summed E-state index contributed by atoms with van der Waals surface area (Å²) in [6.45, 7) is 1.94. The topological polar surface area (TPSA) is 17.1 Å². The van der Waals surface area contributed by atoms with E-state index in [9.17, 15) is 4.79 Å². The molecule has 2 rings (SSSR count). The number of halogens is 1. The molecule has 0 fully saturated rings. The number of hydrogen-bond donors (Lipinski definition) is 0. The molecule has 0 spiro atoms. The van der Waals surface area contributed by atoms with E-state index in [0.717, 1.165) is 10.4 Å². The third-order valence-electron chi connectivity index (χ3n) is 2.28. The van der Waals surface area contributed by atoms with Crippen LogP contribution in [-0.4, -0.2) is 5.78 Å². The maximum Gasteiger partial charge on any atom is 0.168 e. The SMILES string of the molecule is Cc1cc(Cl)cc(C(=O)Cc2cccs2)c1. The lowest BCUT2D eigenvalue weighted by molar-refractivity contribution is 0.0993. The van der Waals surface area contributed by atoms with Crippen LogP contribution in [0.2, 0.25) is 5.02 Å². The molecule has 0 aliphatic carbocycles. The Morgan fingerprint density at radius 2 is 2.19 bits per heavy atom. The third kappa shape index (κ3) is 2.71. The Bertz CT molecular complexity index is 482. The second kappa shape index (κ2) is 4.81. The molecule has 1 nitrogen and oxygen atoms in total. The Kier molecular flexibility index (Phi) is 3.42. The summed E-state index contributed by atoms with van der Waals surface area (Å²) in [5.41, 5.74) is 1.71. The van der Waals surface area contributed by atoms with Crippen molar-refractivity contribution in [2.45, 2.75) is 13.3 Å². The van der Waals surface area contributed by atoms with Crippen molar-refractivity contribution in [3.05, 3.63) is 56.7 Å². The molecule has 82 valence electrons. The van der Waals surface area contributed by atoms with Crippen LogP contribution in [0.1, 0.15) is 20.8 Å². The first-order valence-electron chi connectivity index (χ1n) is 4.98. The van der Waals surface area contributed by atoms with Crippen molar-refractivity contribution in [2.75, 3.05) is 0 Å². The zero-order valence-corrected chi connectivity index (χ0v) is 10.4. The highest BCUT2D eigenvalue weighted by Gasteiger charge is 2.08. The van der Waals surface area contributed by atoms with Gasteiger partial charge in [-0.2, -0.15) is 0 Å². The van der Waals surface area contributed by atoms with Crippen molar-refractivity contribution in [2.24, 2.45) is 0 Å². The van der Waals surface area contributed by atoms with Gasteiger partial charge in [-0.1, -0.05) is 17.7 Å². The molecule has 0 atom stereocenters. The molecule has 0 saturated carbocycles. The number of thiophene rings is 1. The van der Waals surface area contributed by atoms with Crippen LogP contribution in [-0.2, 0) is 6.42 Å². The largest absolute Gasteiger partial charge is 0.294 e. The van der Waals surface area contributed by atoms with Crippen LogP contribution in [0.3, 0.4) is 0 Å². The summed E-state index contributed by atoms with van der Waals surface area (Å²) in [6.07, 6.45) is 0.456. The maximum atomic E-state index is 12.0. The molecular formula is C13H11ClOS. The van der Waals surface area contributed by atoms with Crippen molar-refractivity contribution in [1.82, 2.24) is 0 Å². The standard InChI is InChI=1S/C13H11ClOS/c1-9-5-10(7-11(14)6-9)13(15)8-12-3-2-4-16-12/h2-7H,8H2,1H3. The monoisotopic (exact) mass is 250 g/mol. The van der Waals surface area contributed by atoms with Gasteiger partial charge in [-0.25, -0.2) is 0 Å². The molecule has 1 heterocycles. The fourth-order valence-corrected chi connectivity index (χ4v) is 2.56. The highest BCUT2D eigenvalue weighted by molar-refractivity contribution is 7.10. The summed E-state index contributed by atoms with van der Waals surface area (Å²) in [5.74, 6) is 0.119. The molecule has 0 radical (unpaired) electrons. The van der Waals surface area contributed by atoms with Gasteiger partial charge in [0.05, 0.1) is 0 Å². The molecule has 0 N–H and O–H groups in total. The second-order valence-electron chi connectivity index (χ2n) is 3.70. The van der Waals surface area contributed by atoms with E-state index in [2.05, 4.69) is 0 Å². The molecule has 0 aliphatic rings. The fraction of sp³-hybridized carbons (Fsp3) is 0.154. The van der Waals surface area contributed by atoms with E-state index in [-0.39, 0.29) is 5.78 Å². The minimum Gasteiger partial charge on any atom is -0.294 e. The van der Waals surface area contributed by atoms with Crippen LogP contribution in [0, 0.1) is 6.92 Å². The van der Waals surface area contributed by atoms with Crippen molar-refractivity contribution in [1.29, 1.82) is 0 Å². The molecule has 0 amide bonds. The summed E-state index contributed by atoms with van der Waals surface area (Å²) in [4.78, 5) is 13.1. The van der Waals surface area contributed by atoms with Gasteiger partial charge in [0.25, 0.3) is 0 Å². The number of carbonyl (C=O) groups is 1. The fourth-order valence-electron chi connectivity index (χ4n) is 1.57. The predicted molar refractivity (Wildman–Crippen MR) is 68.5 cm³/mol. The van der Waals surface area contributed by atoms with E-state index in [1.807, 2.05) is 36.6 Å². The van der Waals surface area contributed by atoms with E-state index >= 15 is 0 Å². The molecule has 0 bridgehead atoms. The molecule has 1 aromatic heterocycles. The Balaban J connectivity index is 2.21. The molecular weight excluding hydrogens is 240 g/mol. The summed E-state index contributed by atoms with van der Waals surface area (Å²) < 4.78 is 0. The number of Topliss-reactive ketones (excluding diaryl/α,β-unsaturated/α-hetero) is 1. The summed E-state index contributed by atoms with van der Waals surface area (Å²) >= 11 is 7.53. The Labute approximate surface area is 104 Å². The third-order valence-corrected chi connectivity index (χ3v) is 3.37. The lowest BCUT2D eigenvalue weighted by Crippen LogP contribution is -2.02. The molecule has 0 unspecified atom stereocenters. The zero-order chi connectivity index (χ0) is 11.5. The van der Waals surface area contributed by atoms with Crippen LogP contribution in [0.5, 0.6) is 0 Å². The van der Waals surface area contributed by atoms with Crippen LogP contribution in [0.15, 0.2) is 35.7 Å². The van der Waals surface area contributed by atoms with Gasteiger partial charge < -0.3 is 0 Å². The van der Waals surface area contributed by atoms with Crippen LogP contribution in [0.4, 0.5) is 0 Å². The molecule has 1 aromatic carbocycles. The molecule has 16 heavy (non-hydrogen) atoms. The number of aryl methyl sites for hydroxylation is 1. The van der Waals surface area contributed by atoms with Gasteiger partial charge in [-0.3, -0.25) is 4.79 Å². The van der Waals surface area contributed by atoms with Crippen LogP contribution < -0.4 is 0 Å². The quantitative estimate of drug-likeness (QED) is 0.749. The number of ketones is 1. The van der Waals surface area contributed by atoms with E-state index in [1.165, 1.54) is 0 Å². The van der Waals surface area contributed by atoms with Crippen molar-refractivity contribution in [3.8, 4) is 0 Å². The maximum absolute atomic E-state index is 12.0. The van der Waals surface area contributed by atoms with Gasteiger partial charge in [0.2, 0.25) is 0 Å². The van der Waals surface area contributed by atoms with Gasteiger partial charge in [0, 0.05) is 21.9 Å². The number of benzene rings is 1. The van der Waals surface area contributed by atoms with E-state index in [1.54, 1.807) is 17.4 Å². The zero-order valence-electron chi connectivity index (χ0n) is 8.87. The predicted octanol–water partition coefficient (Wildman–Crippen LogP) is 4.14. The highest BCUT2D eigenvalue weighted by Crippen LogP contribution is 2.18. The van der Waals surface area contributed by atoms with Crippen molar-refractivity contribution in [3.63, 3.8) is 0 Å². The van der Waals surface area contributed by atoms with Gasteiger partial charge in [0.15, 0.2) is 5.78 Å². The summed E-state index contributed by atoms with van der Waals surface area (Å²) in [6, 6.07) is 9.38. The molecule has 0 aliphatic heterocycles. The Hall–Kier alpha value is -1.12. The smallest absolute Gasteiger partial charge is 0.168 e. The van der Waals surface area contributed by atoms with E-state index < -0.39 is 0 Å². The molecule has 3 heteroatoms. The van der Waals surface area contributed by atoms with Crippen LogP contribution >= 0.6 is 22.9 Å². The van der Waals surface area contributed by atoms with Crippen molar-refractivity contribution >= 4 is 28.7 Å². The minimum absolute atomic E-state index is 0.119. The number of hydrogen-bond acceptors (Lipinski definition) is 2. The van der Waals surface area contributed by atoms with Crippen molar-refractivity contribution < 1.29 is 4.79 Å². The first-order chi connectivity index (χ1) is 7.65. The van der Waals surface area contributed by atoms with Crippen LogP contribution in [0.25, 0.3) is 0 Å². The van der Waals surface area contributed by atoms with Gasteiger partial charge >= 0.3 is 0 Å². The van der Waals surface area contributed by atoms with E-state index in [0.29, 0.717) is 17.0 Å². The van der Waals surface area contributed by atoms with Gasteiger partial charge in [0.1, 0.15) is 0 Å². The Morgan fingerprint density at radius 3 is 2.81 bits per heavy atom. The average molecular weight is 251 g/mol. The number of carbonyl (C=O) groups excluding carboxylic acids is 1. The van der Waals surface area contributed by atoms with Gasteiger partial charge in [-0.05, 0) is 42.1 Å². The molecule has 2 aromatic rings. The molecule has 0 saturated heterocycles. The first-order valence-corrected chi connectivity index (χ1v) is 6.24. The van der Waals surface area contributed by atoms with E-state index in [4.69, 9.17) is 11.6 Å². The lowest BCUT2D eigenvalue weighted by Gasteiger charge is -2.02. The normalized spacial score (nSPS) is 10.4.